The van der Waals surface area contributed by atoms with Crippen molar-refractivity contribution in [3.05, 3.63) is 70.8 Å². The van der Waals surface area contributed by atoms with E-state index in [9.17, 15) is 18.3 Å². The van der Waals surface area contributed by atoms with Gasteiger partial charge < -0.3 is 10.8 Å². The average Bonchev–Trinajstić information content (AvgIpc) is 2.71. The van der Waals surface area contributed by atoms with Gasteiger partial charge in [0.2, 0.25) is 0 Å². The monoisotopic (exact) mass is 291 g/mol. The molecule has 1 unspecified atom stereocenters. The van der Waals surface area contributed by atoms with E-state index in [1.807, 2.05) is 0 Å². The Labute approximate surface area is 119 Å². The van der Waals surface area contributed by atoms with Crippen LogP contribution in [0.1, 0.15) is 28.4 Å². The molecule has 3 rings (SSSR count). The Hall–Kier alpha value is -2.27. The quantitative estimate of drug-likeness (QED) is 0.843. The minimum absolute atomic E-state index is 0.283. The Morgan fingerprint density at radius 2 is 1.71 bits per heavy atom. The minimum atomic E-state index is -4.43. The van der Waals surface area contributed by atoms with E-state index in [0.29, 0.717) is 22.4 Å². The lowest BCUT2D eigenvalue weighted by molar-refractivity contribution is -0.137. The van der Waals surface area contributed by atoms with Crippen molar-refractivity contribution >= 4 is 11.3 Å². The van der Waals surface area contributed by atoms with Crippen LogP contribution < -0.4 is 5.73 Å². The van der Waals surface area contributed by atoms with Gasteiger partial charge in [-0.2, -0.15) is 13.2 Å². The number of alkyl halides is 3. The number of hydrogen-bond donors (Lipinski definition) is 2. The molecule has 1 atom stereocenters. The molecule has 0 heterocycles. The van der Waals surface area contributed by atoms with Crippen molar-refractivity contribution in [3.63, 3.8) is 0 Å². The molecule has 2 aromatic rings. The highest BCUT2D eigenvalue weighted by molar-refractivity contribution is 5.97. The molecule has 0 saturated carbocycles. The van der Waals surface area contributed by atoms with Crippen LogP contribution in [0.2, 0.25) is 0 Å². The highest BCUT2D eigenvalue weighted by Crippen LogP contribution is 2.44. The molecular formula is C16H12F3NO. The summed E-state index contributed by atoms with van der Waals surface area (Å²) < 4.78 is 38.4. The zero-order chi connectivity index (χ0) is 15.2. The Morgan fingerprint density at radius 3 is 2.38 bits per heavy atom. The van der Waals surface area contributed by atoms with E-state index in [1.165, 1.54) is 12.1 Å². The lowest BCUT2D eigenvalue weighted by atomic mass is 9.98. The third-order valence-corrected chi connectivity index (χ3v) is 3.61. The van der Waals surface area contributed by atoms with Gasteiger partial charge in [-0.1, -0.05) is 36.4 Å². The first kappa shape index (κ1) is 13.7. The summed E-state index contributed by atoms with van der Waals surface area (Å²) in [5, 5.41) is 10.3. The second kappa shape index (κ2) is 4.63. The molecular weight excluding hydrogens is 279 g/mol. The highest BCUT2D eigenvalue weighted by atomic mass is 19.4. The summed E-state index contributed by atoms with van der Waals surface area (Å²) >= 11 is 0. The van der Waals surface area contributed by atoms with Gasteiger partial charge in [0.05, 0.1) is 5.56 Å². The van der Waals surface area contributed by atoms with Crippen LogP contribution in [0.3, 0.4) is 0 Å². The maximum absolute atomic E-state index is 12.8. The number of fused-ring (bicyclic) bond motifs is 1. The molecule has 2 aromatic carbocycles. The third-order valence-electron chi connectivity index (χ3n) is 3.61. The second-order valence-corrected chi connectivity index (χ2v) is 4.90. The molecule has 0 saturated heterocycles. The molecule has 0 bridgehead atoms. The van der Waals surface area contributed by atoms with Gasteiger partial charge in [0.15, 0.2) is 0 Å². The molecule has 1 aliphatic carbocycles. The van der Waals surface area contributed by atoms with Gasteiger partial charge in [-0.15, -0.1) is 0 Å². The smallest absolute Gasteiger partial charge is 0.398 e. The van der Waals surface area contributed by atoms with Crippen LogP contribution in [0.15, 0.2) is 48.5 Å². The van der Waals surface area contributed by atoms with Crippen molar-refractivity contribution in [2.45, 2.75) is 12.3 Å². The predicted molar refractivity (Wildman–Crippen MR) is 73.8 cm³/mol. The van der Waals surface area contributed by atoms with Gasteiger partial charge in [0.1, 0.15) is 6.10 Å². The average molecular weight is 291 g/mol. The number of benzene rings is 2. The van der Waals surface area contributed by atoms with Gasteiger partial charge in [-0.05, 0) is 23.3 Å². The number of aliphatic hydroxyl groups excluding tert-OH is 1. The number of rotatable bonds is 1. The van der Waals surface area contributed by atoms with E-state index >= 15 is 0 Å². The molecule has 108 valence electrons. The van der Waals surface area contributed by atoms with Gasteiger partial charge in [-0.3, -0.25) is 0 Å². The Kier molecular flexibility index (Phi) is 3.02. The molecule has 0 radical (unpaired) electrons. The van der Waals surface area contributed by atoms with Gasteiger partial charge in [0, 0.05) is 16.8 Å². The fourth-order valence-corrected chi connectivity index (χ4v) is 2.61. The lowest BCUT2D eigenvalue weighted by Crippen LogP contribution is -2.06. The van der Waals surface area contributed by atoms with Crippen molar-refractivity contribution in [2.24, 2.45) is 5.73 Å². The lowest BCUT2D eigenvalue weighted by Gasteiger charge is -2.13. The van der Waals surface area contributed by atoms with Gasteiger partial charge in [-0.25, -0.2) is 0 Å². The van der Waals surface area contributed by atoms with Crippen LogP contribution in [0, 0.1) is 0 Å². The molecule has 0 fully saturated rings. The first-order valence-corrected chi connectivity index (χ1v) is 6.34. The van der Waals surface area contributed by atoms with Crippen LogP contribution in [-0.2, 0) is 6.18 Å². The summed E-state index contributed by atoms with van der Waals surface area (Å²) in [6.45, 7) is 0. The molecule has 5 heteroatoms. The molecule has 0 aliphatic heterocycles. The van der Waals surface area contributed by atoms with Crippen LogP contribution in [0.25, 0.3) is 11.3 Å². The predicted octanol–water partition coefficient (Wildman–Crippen LogP) is 3.58. The van der Waals surface area contributed by atoms with Gasteiger partial charge >= 0.3 is 6.18 Å². The van der Waals surface area contributed by atoms with Crippen LogP contribution in [0.5, 0.6) is 0 Å². The van der Waals surface area contributed by atoms with Crippen molar-refractivity contribution in [2.75, 3.05) is 0 Å². The first-order valence-electron chi connectivity index (χ1n) is 6.34. The Morgan fingerprint density at radius 1 is 1.00 bits per heavy atom. The third kappa shape index (κ3) is 2.19. The van der Waals surface area contributed by atoms with E-state index in [2.05, 4.69) is 0 Å². The fourth-order valence-electron chi connectivity index (χ4n) is 2.61. The largest absolute Gasteiger partial charge is 0.416 e. The summed E-state index contributed by atoms with van der Waals surface area (Å²) in [6, 6.07) is 11.8. The molecule has 2 nitrogen and oxygen atoms in total. The number of hydrogen-bond acceptors (Lipinski definition) is 2. The summed E-state index contributed by atoms with van der Waals surface area (Å²) in [5.74, 6) is 0. The van der Waals surface area contributed by atoms with E-state index < -0.39 is 17.8 Å². The SMILES string of the molecule is NC1=C(c2cccc(C(F)(F)F)c2)C(O)c2ccccc21. The van der Waals surface area contributed by atoms with Crippen molar-refractivity contribution in [3.8, 4) is 0 Å². The molecule has 0 aromatic heterocycles. The topological polar surface area (TPSA) is 46.2 Å². The summed E-state index contributed by atoms with van der Waals surface area (Å²) in [4.78, 5) is 0. The summed E-state index contributed by atoms with van der Waals surface area (Å²) in [6.07, 6.45) is -5.44. The van der Waals surface area contributed by atoms with E-state index in [1.54, 1.807) is 24.3 Å². The molecule has 0 amide bonds. The second-order valence-electron chi connectivity index (χ2n) is 4.90. The molecule has 21 heavy (non-hydrogen) atoms. The molecule has 1 aliphatic rings. The van der Waals surface area contributed by atoms with Crippen molar-refractivity contribution < 1.29 is 18.3 Å². The number of halogens is 3. The minimum Gasteiger partial charge on any atom is -0.398 e. The Bertz CT molecular complexity index is 734. The first-order chi connectivity index (χ1) is 9.89. The Balaban J connectivity index is 2.13. The van der Waals surface area contributed by atoms with Crippen LogP contribution in [0.4, 0.5) is 13.2 Å². The zero-order valence-electron chi connectivity index (χ0n) is 10.9. The number of aliphatic hydroxyl groups is 1. The van der Waals surface area contributed by atoms with Crippen molar-refractivity contribution in [1.82, 2.24) is 0 Å². The number of nitrogens with two attached hydrogens (primary N) is 1. The van der Waals surface area contributed by atoms with E-state index in [0.717, 1.165) is 12.1 Å². The maximum Gasteiger partial charge on any atom is 0.416 e. The fraction of sp³-hybridized carbons (Fsp3) is 0.125. The summed E-state index contributed by atoms with van der Waals surface area (Å²) in [5.41, 5.74) is 7.45. The highest BCUT2D eigenvalue weighted by Gasteiger charge is 2.33. The van der Waals surface area contributed by atoms with Crippen LogP contribution in [-0.4, -0.2) is 5.11 Å². The van der Waals surface area contributed by atoms with E-state index in [-0.39, 0.29) is 5.56 Å². The zero-order valence-corrected chi connectivity index (χ0v) is 10.9. The normalized spacial score (nSPS) is 18.0. The maximum atomic E-state index is 12.8. The van der Waals surface area contributed by atoms with Crippen molar-refractivity contribution in [1.29, 1.82) is 0 Å². The van der Waals surface area contributed by atoms with Crippen LogP contribution >= 0.6 is 0 Å². The molecule has 0 spiro atoms. The standard InChI is InChI=1S/C16H12F3NO/c17-16(18,19)10-5-3-4-9(8-10)13-14(20)11-6-1-2-7-12(11)15(13)21/h1-8,15,21H,20H2. The van der Waals surface area contributed by atoms with E-state index in [4.69, 9.17) is 5.73 Å². The summed E-state index contributed by atoms with van der Waals surface area (Å²) in [7, 11) is 0. The van der Waals surface area contributed by atoms with Gasteiger partial charge in [0.25, 0.3) is 0 Å². The molecule has 3 N–H and O–H groups in total.